The number of ketones is 1. The van der Waals surface area contributed by atoms with Gasteiger partial charge in [-0.15, -0.1) is 0 Å². The minimum atomic E-state index is 0.444. The van der Waals surface area contributed by atoms with Gasteiger partial charge >= 0.3 is 0 Å². The third-order valence-corrected chi connectivity index (χ3v) is 3.66. The molecule has 11 heavy (non-hydrogen) atoms. The molecule has 2 bridgehead atoms. The molecule has 3 atom stereocenters. The Hall–Kier alpha value is -0.110. The Kier molecular flexibility index (Phi) is 1.88. The lowest BCUT2D eigenvalue weighted by Gasteiger charge is -2.32. The molecule has 1 nitrogen and oxygen atoms in total. The average Bonchev–Trinajstić information content (AvgIpc) is 1.97. The number of Topliss-reactive ketones (excluding diaryl/α,β-unsaturated/α-hetero) is 1. The quantitative estimate of drug-likeness (QED) is 0.447. The lowest BCUT2D eigenvalue weighted by molar-refractivity contribution is -0.122. The summed E-state index contributed by atoms with van der Waals surface area (Å²) in [6.07, 6.45) is 7.17. The minimum absolute atomic E-state index is 0.444. The maximum absolute atomic E-state index is 11.2. The molecular weight excluding hydrogens is 204 g/mol. The summed E-state index contributed by atoms with van der Waals surface area (Å²) in [5.41, 5.74) is 0. The van der Waals surface area contributed by atoms with E-state index in [1.807, 2.05) is 0 Å². The van der Waals surface area contributed by atoms with Gasteiger partial charge in [-0.05, 0) is 18.3 Å². The van der Waals surface area contributed by atoms with Gasteiger partial charge in [-0.3, -0.25) is 4.79 Å². The first-order chi connectivity index (χ1) is 5.25. The number of hydrogen-bond donors (Lipinski definition) is 0. The first-order valence-electron chi connectivity index (χ1n) is 4.10. The van der Waals surface area contributed by atoms with Gasteiger partial charge in [0.25, 0.3) is 0 Å². The minimum Gasteiger partial charge on any atom is -0.300 e. The Morgan fingerprint density at radius 1 is 1.36 bits per heavy atom. The van der Waals surface area contributed by atoms with E-state index in [0.717, 1.165) is 12.8 Å². The molecule has 0 aromatic heterocycles. The van der Waals surface area contributed by atoms with Crippen molar-refractivity contribution in [3.05, 3.63) is 12.2 Å². The van der Waals surface area contributed by atoms with E-state index in [4.69, 9.17) is 0 Å². The molecule has 1 fully saturated rings. The number of carbonyl (C=O) groups excluding carboxylic acids is 1. The number of carbonyl (C=O) groups is 1. The highest BCUT2D eigenvalue weighted by molar-refractivity contribution is 9.09. The molecular formula is C9H11BrO. The van der Waals surface area contributed by atoms with Crippen LogP contribution >= 0.6 is 15.9 Å². The molecule has 0 aromatic rings. The SMILES string of the molecule is O=C1C[C@H]2C=C[C@H](Br)[C@@H](C1)C2. The van der Waals surface area contributed by atoms with E-state index in [1.54, 1.807) is 0 Å². The van der Waals surface area contributed by atoms with E-state index in [9.17, 15) is 4.79 Å². The monoisotopic (exact) mass is 214 g/mol. The number of halogens is 1. The normalized spacial score (nSPS) is 42.6. The van der Waals surface area contributed by atoms with Gasteiger partial charge in [-0.25, -0.2) is 0 Å². The van der Waals surface area contributed by atoms with Crippen LogP contribution in [0.2, 0.25) is 0 Å². The molecule has 2 aliphatic carbocycles. The predicted molar refractivity (Wildman–Crippen MR) is 47.7 cm³/mol. The summed E-state index contributed by atoms with van der Waals surface area (Å²) in [7, 11) is 0. The summed E-state index contributed by atoms with van der Waals surface area (Å²) >= 11 is 3.56. The van der Waals surface area contributed by atoms with Crippen molar-refractivity contribution in [1.29, 1.82) is 0 Å². The highest BCUT2D eigenvalue weighted by Crippen LogP contribution is 2.37. The summed E-state index contributed by atoms with van der Waals surface area (Å²) in [4.78, 5) is 11.6. The molecule has 0 aromatic carbocycles. The van der Waals surface area contributed by atoms with Crippen LogP contribution in [0.15, 0.2) is 12.2 Å². The van der Waals surface area contributed by atoms with Crippen LogP contribution < -0.4 is 0 Å². The fourth-order valence-electron chi connectivity index (χ4n) is 2.03. The standard InChI is InChI=1S/C9H11BrO/c10-9-2-1-6-3-7(9)5-8(11)4-6/h1-2,6-7,9H,3-5H2/t6-,7+,9-/m0/s1. The van der Waals surface area contributed by atoms with Gasteiger partial charge < -0.3 is 0 Å². The van der Waals surface area contributed by atoms with Crippen molar-refractivity contribution in [1.82, 2.24) is 0 Å². The third-order valence-electron chi connectivity index (χ3n) is 2.60. The second-order valence-corrected chi connectivity index (χ2v) is 4.59. The van der Waals surface area contributed by atoms with E-state index >= 15 is 0 Å². The van der Waals surface area contributed by atoms with Crippen molar-refractivity contribution in [3.8, 4) is 0 Å². The van der Waals surface area contributed by atoms with Gasteiger partial charge in [-0.2, -0.15) is 0 Å². The molecule has 0 aliphatic heterocycles. The highest BCUT2D eigenvalue weighted by atomic mass is 79.9. The Balaban J connectivity index is 2.19. The van der Waals surface area contributed by atoms with Gasteiger partial charge in [0, 0.05) is 17.7 Å². The Labute approximate surface area is 75.0 Å². The van der Waals surface area contributed by atoms with Crippen molar-refractivity contribution in [3.63, 3.8) is 0 Å². The van der Waals surface area contributed by atoms with Gasteiger partial charge in [0.1, 0.15) is 5.78 Å². The van der Waals surface area contributed by atoms with Crippen LogP contribution in [0.5, 0.6) is 0 Å². The lowest BCUT2D eigenvalue weighted by Crippen LogP contribution is -2.29. The maximum Gasteiger partial charge on any atom is 0.133 e. The van der Waals surface area contributed by atoms with Crippen LogP contribution in [-0.4, -0.2) is 10.6 Å². The molecule has 0 heterocycles. The number of rotatable bonds is 0. The van der Waals surface area contributed by atoms with Crippen LogP contribution in [0.1, 0.15) is 19.3 Å². The fourth-order valence-corrected chi connectivity index (χ4v) is 2.61. The summed E-state index contributed by atoms with van der Waals surface area (Å²) in [6, 6.07) is 0. The summed E-state index contributed by atoms with van der Waals surface area (Å²) in [6.45, 7) is 0. The zero-order valence-corrected chi connectivity index (χ0v) is 7.88. The lowest BCUT2D eigenvalue weighted by atomic mass is 9.75. The second-order valence-electron chi connectivity index (χ2n) is 3.53. The number of hydrogen-bond acceptors (Lipinski definition) is 1. The summed E-state index contributed by atoms with van der Waals surface area (Å²) in [5.74, 6) is 1.57. The number of fused-ring (bicyclic) bond motifs is 2. The zero-order valence-electron chi connectivity index (χ0n) is 6.29. The van der Waals surface area contributed by atoms with Crippen LogP contribution in [0.3, 0.4) is 0 Å². The van der Waals surface area contributed by atoms with E-state index in [1.165, 1.54) is 6.42 Å². The number of allylic oxidation sites excluding steroid dienone is 2. The van der Waals surface area contributed by atoms with Gasteiger partial charge in [-0.1, -0.05) is 28.1 Å². The zero-order chi connectivity index (χ0) is 7.84. The molecule has 60 valence electrons. The Morgan fingerprint density at radius 3 is 3.00 bits per heavy atom. The Bertz CT molecular complexity index is 210. The van der Waals surface area contributed by atoms with Gasteiger partial charge in [0.15, 0.2) is 0 Å². The second kappa shape index (κ2) is 2.74. The molecule has 2 aliphatic rings. The van der Waals surface area contributed by atoms with Crippen LogP contribution in [0.25, 0.3) is 0 Å². The van der Waals surface area contributed by atoms with Gasteiger partial charge in [0.05, 0.1) is 0 Å². The van der Waals surface area contributed by atoms with E-state index in [-0.39, 0.29) is 0 Å². The van der Waals surface area contributed by atoms with Crippen molar-refractivity contribution < 1.29 is 4.79 Å². The molecule has 0 amide bonds. The van der Waals surface area contributed by atoms with Crippen LogP contribution in [0, 0.1) is 11.8 Å². The van der Waals surface area contributed by atoms with E-state index in [2.05, 4.69) is 28.1 Å². The number of alkyl halides is 1. The Morgan fingerprint density at radius 2 is 2.18 bits per heavy atom. The van der Waals surface area contributed by atoms with E-state index < -0.39 is 0 Å². The molecule has 0 saturated heterocycles. The van der Waals surface area contributed by atoms with Crippen molar-refractivity contribution in [2.75, 3.05) is 0 Å². The first kappa shape index (κ1) is 7.53. The first-order valence-corrected chi connectivity index (χ1v) is 5.01. The highest BCUT2D eigenvalue weighted by Gasteiger charge is 2.32. The average molecular weight is 215 g/mol. The molecule has 2 heteroatoms. The van der Waals surface area contributed by atoms with Crippen molar-refractivity contribution in [2.24, 2.45) is 11.8 Å². The van der Waals surface area contributed by atoms with E-state index in [0.29, 0.717) is 22.4 Å². The molecule has 0 radical (unpaired) electrons. The van der Waals surface area contributed by atoms with Crippen LogP contribution in [0.4, 0.5) is 0 Å². The van der Waals surface area contributed by atoms with Gasteiger partial charge in [0.2, 0.25) is 0 Å². The molecule has 0 spiro atoms. The van der Waals surface area contributed by atoms with Crippen LogP contribution in [-0.2, 0) is 4.79 Å². The molecule has 2 rings (SSSR count). The topological polar surface area (TPSA) is 17.1 Å². The largest absolute Gasteiger partial charge is 0.300 e. The molecule has 0 N–H and O–H groups in total. The summed E-state index contributed by atoms with van der Waals surface area (Å²) < 4.78 is 0. The van der Waals surface area contributed by atoms with Crippen molar-refractivity contribution in [2.45, 2.75) is 24.1 Å². The fraction of sp³-hybridized carbons (Fsp3) is 0.667. The predicted octanol–water partition coefficient (Wildman–Crippen LogP) is 2.31. The maximum atomic E-state index is 11.2. The van der Waals surface area contributed by atoms with Crippen molar-refractivity contribution >= 4 is 21.7 Å². The third kappa shape index (κ3) is 1.41. The summed E-state index contributed by atoms with van der Waals surface area (Å²) in [5, 5.41) is 0. The molecule has 1 saturated carbocycles. The smallest absolute Gasteiger partial charge is 0.133 e. The molecule has 0 unspecified atom stereocenters.